The van der Waals surface area contributed by atoms with E-state index in [1.54, 1.807) is 4.88 Å². The summed E-state index contributed by atoms with van der Waals surface area (Å²) in [6.07, 6.45) is 7.77. The monoisotopic (exact) mass is 280 g/mol. The highest BCUT2D eigenvalue weighted by molar-refractivity contribution is 7.10. The van der Waals surface area contributed by atoms with Crippen molar-refractivity contribution in [3.63, 3.8) is 0 Å². The molecule has 0 amide bonds. The van der Waals surface area contributed by atoms with Crippen LogP contribution in [0.3, 0.4) is 0 Å². The lowest BCUT2D eigenvalue weighted by Crippen LogP contribution is -2.53. The minimum atomic E-state index is 0.188. The molecule has 2 nitrogen and oxygen atoms in total. The Balaban J connectivity index is 1.93. The quantitative estimate of drug-likeness (QED) is 0.770. The second-order valence-electron chi connectivity index (χ2n) is 6.05. The Morgan fingerprint density at radius 1 is 1.37 bits per heavy atom. The van der Waals surface area contributed by atoms with Crippen LogP contribution in [0.25, 0.3) is 0 Å². The molecule has 1 aliphatic heterocycles. The minimum absolute atomic E-state index is 0.188. The predicted molar refractivity (Wildman–Crippen MR) is 84.7 cm³/mol. The largest absolute Gasteiger partial charge is 0.329 e. The maximum Gasteiger partial charge on any atom is 0.0307 e. The number of unbranched alkanes of at least 4 members (excludes halogenated alkanes) is 3. The van der Waals surface area contributed by atoms with E-state index in [4.69, 9.17) is 5.73 Å². The van der Waals surface area contributed by atoms with Gasteiger partial charge >= 0.3 is 0 Å². The number of rotatable bonds is 7. The topological polar surface area (TPSA) is 29.3 Å². The standard InChI is InChI=1S/C16H28N2S/c1-3-4-5-6-9-16(2,13-17)18-10-7-15-14(12-18)8-11-19-15/h8,11H,3-7,9-10,12-13,17H2,1-2H3. The zero-order chi connectivity index (χ0) is 13.7. The molecule has 0 aromatic carbocycles. The molecule has 0 bridgehead atoms. The van der Waals surface area contributed by atoms with Gasteiger partial charge in [0.15, 0.2) is 0 Å². The molecule has 0 aliphatic carbocycles. The van der Waals surface area contributed by atoms with E-state index >= 15 is 0 Å². The van der Waals surface area contributed by atoms with E-state index in [0.29, 0.717) is 0 Å². The Hall–Kier alpha value is -0.380. The summed E-state index contributed by atoms with van der Waals surface area (Å²) in [7, 11) is 0. The van der Waals surface area contributed by atoms with Gasteiger partial charge in [0.25, 0.3) is 0 Å². The van der Waals surface area contributed by atoms with Crippen LogP contribution in [0.1, 0.15) is 56.4 Å². The molecule has 1 atom stereocenters. The summed E-state index contributed by atoms with van der Waals surface area (Å²) in [6.45, 7) is 7.68. The zero-order valence-electron chi connectivity index (χ0n) is 12.5. The molecular formula is C16H28N2S. The molecule has 2 heterocycles. The second-order valence-corrected chi connectivity index (χ2v) is 7.05. The molecule has 0 fully saturated rings. The van der Waals surface area contributed by atoms with Crippen molar-refractivity contribution in [1.82, 2.24) is 4.90 Å². The van der Waals surface area contributed by atoms with Crippen LogP contribution in [0.15, 0.2) is 11.4 Å². The molecule has 19 heavy (non-hydrogen) atoms. The van der Waals surface area contributed by atoms with E-state index in [-0.39, 0.29) is 5.54 Å². The average molecular weight is 280 g/mol. The predicted octanol–water partition coefficient (Wildman–Crippen LogP) is 3.79. The summed E-state index contributed by atoms with van der Waals surface area (Å²) in [5.74, 6) is 0. The molecule has 1 unspecified atom stereocenters. The minimum Gasteiger partial charge on any atom is -0.329 e. The number of hydrogen-bond donors (Lipinski definition) is 1. The highest BCUT2D eigenvalue weighted by Gasteiger charge is 2.32. The van der Waals surface area contributed by atoms with Gasteiger partial charge in [-0.2, -0.15) is 0 Å². The SMILES string of the molecule is CCCCCCC(C)(CN)N1CCc2sccc2C1. The Bertz CT molecular complexity index is 388. The maximum absolute atomic E-state index is 6.11. The molecule has 0 radical (unpaired) electrons. The van der Waals surface area contributed by atoms with Gasteiger partial charge in [-0.1, -0.05) is 32.6 Å². The third-order valence-corrected chi connectivity index (χ3v) is 5.60. The fourth-order valence-electron chi connectivity index (χ4n) is 3.03. The summed E-state index contributed by atoms with van der Waals surface area (Å²) in [4.78, 5) is 4.20. The van der Waals surface area contributed by atoms with Gasteiger partial charge in [-0.05, 0) is 36.8 Å². The van der Waals surface area contributed by atoms with Crippen molar-refractivity contribution in [2.75, 3.05) is 13.1 Å². The van der Waals surface area contributed by atoms with Crippen LogP contribution >= 0.6 is 11.3 Å². The lowest BCUT2D eigenvalue weighted by molar-refractivity contribution is 0.0848. The van der Waals surface area contributed by atoms with Gasteiger partial charge in [0.1, 0.15) is 0 Å². The van der Waals surface area contributed by atoms with Crippen molar-refractivity contribution < 1.29 is 0 Å². The van der Waals surface area contributed by atoms with Gasteiger partial charge < -0.3 is 5.73 Å². The van der Waals surface area contributed by atoms with Gasteiger partial charge in [0.05, 0.1) is 0 Å². The number of hydrogen-bond acceptors (Lipinski definition) is 3. The van der Waals surface area contributed by atoms with Crippen LogP contribution in [0.4, 0.5) is 0 Å². The van der Waals surface area contributed by atoms with Gasteiger partial charge in [0.2, 0.25) is 0 Å². The van der Waals surface area contributed by atoms with Crippen molar-refractivity contribution in [1.29, 1.82) is 0 Å². The summed E-state index contributed by atoms with van der Waals surface area (Å²) in [5, 5.41) is 2.23. The smallest absolute Gasteiger partial charge is 0.0307 e. The van der Waals surface area contributed by atoms with Crippen LogP contribution in [-0.4, -0.2) is 23.5 Å². The Morgan fingerprint density at radius 2 is 2.21 bits per heavy atom. The first-order valence-electron chi connectivity index (χ1n) is 7.70. The van der Waals surface area contributed by atoms with Crippen molar-refractivity contribution >= 4 is 11.3 Å². The highest BCUT2D eigenvalue weighted by atomic mass is 32.1. The van der Waals surface area contributed by atoms with Gasteiger partial charge in [-0.3, -0.25) is 4.90 Å². The fourth-order valence-corrected chi connectivity index (χ4v) is 3.92. The van der Waals surface area contributed by atoms with E-state index in [2.05, 4.69) is 30.2 Å². The van der Waals surface area contributed by atoms with Gasteiger partial charge in [-0.25, -0.2) is 0 Å². The first-order valence-corrected chi connectivity index (χ1v) is 8.58. The van der Waals surface area contributed by atoms with Crippen LogP contribution in [-0.2, 0) is 13.0 Å². The molecule has 3 heteroatoms. The average Bonchev–Trinajstić information content (AvgIpc) is 2.90. The Labute approximate surface area is 122 Å². The third-order valence-electron chi connectivity index (χ3n) is 4.58. The molecule has 0 spiro atoms. The summed E-state index contributed by atoms with van der Waals surface area (Å²) < 4.78 is 0. The van der Waals surface area contributed by atoms with Gasteiger partial charge in [0, 0.05) is 30.1 Å². The molecule has 1 aromatic rings. The molecule has 2 rings (SSSR count). The number of nitrogens with two attached hydrogens (primary N) is 1. The summed E-state index contributed by atoms with van der Waals surface area (Å²) >= 11 is 1.91. The van der Waals surface area contributed by atoms with E-state index in [1.807, 2.05) is 11.3 Å². The van der Waals surface area contributed by atoms with Crippen molar-refractivity contribution in [3.8, 4) is 0 Å². The molecule has 1 aromatic heterocycles. The molecule has 0 saturated heterocycles. The summed E-state index contributed by atoms with van der Waals surface area (Å²) in [6, 6.07) is 2.29. The Kier molecular flexibility index (Phi) is 5.43. The lowest BCUT2D eigenvalue weighted by atomic mass is 9.90. The van der Waals surface area contributed by atoms with Crippen LogP contribution in [0.5, 0.6) is 0 Å². The van der Waals surface area contributed by atoms with Crippen LogP contribution in [0.2, 0.25) is 0 Å². The normalized spacial score (nSPS) is 19.1. The lowest BCUT2D eigenvalue weighted by Gasteiger charge is -2.43. The van der Waals surface area contributed by atoms with E-state index in [9.17, 15) is 0 Å². The van der Waals surface area contributed by atoms with E-state index < -0.39 is 0 Å². The van der Waals surface area contributed by atoms with E-state index in [0.717, 1.165) is 13.1 Å². The molecular weight excluding hydrogens is 252 g/mol. The van der Waals surface area contributed by atoms with Crippen molar-refractivity contribution in [2.45, 2.75) is 64.5 Å². The summed E-state index contributed by atoms with van der Waals surface area (Å²) in [5.41, 5.74) is 7.83. The highest BCUT2D eigenvalue weighted by Crippen LogP contribution is 2.31. The molecule has 2 N–H and O–H groups in total. The van der Waals surface area contributed by atoms with Crippen molar-refractivity contribution in [2.24, 2.45) is 5.73 Å². The van der Waals surface area contributed by atoms with Crippen molar-refractivity contribution in [3.05, 3.63) is 21.9 Å². The van der Waals surface area contributed by atoms with Crippen LogP contribution in [0, 0.1) is 0 Å². The maximum atomic E-state index is 6.11. The second kappa shape index (κ2) is 6.87. The molecule has 0 saturated carbocycles. The number of nitrogens with zero attached hydrogens (tertiary/aromatic N) is 1. The number of fused-ring (bicyclic) bond motifs is 1. The van der Waals surface area contributed by atoms with E-state index in [1.165, 1.54) is 50.6 Å². The first kappa shape index (κ1) is 15.0. The van der Waals surface area contributed by atoms with Gasteiger partial charge in [-0.15, -0.1) is 11.3 Å². The first-order chi connectivity index (χ1) is 9.19. The molecule has 1 aliphatic rings. The fraction of sp³-hybridized carbons (Fsp3) is 0.750. The Morgan fingerprint density at radius 3 is 2.95 bits per heavy atom. The van der Waals surface area contributed by atoms with Crippen LogP contribution < -0.4 is 5.73 Å². The number of thiophene rings is 1. The molecule has 108 valence electrons. The third kappa shape index (κ3) is 3.59. The zero-order valence-corrected chi connectivity index (χ0v) is 13.3.